The lowest BCUT2D eigenvalue weighted by Gasteiger charge is -2.16. The Morgan fingerprint density at radius 3 is 2.46 bits per heavy atom. The molecule has 1 N–H and O–H groups in total. The number of hydrazone groups is 1. The van der Waals surface area contributed by atoms with Crippen molar-refractivity contribution in [2.75, 3.05) is 0 Å². The molecule has 0 radical (unpaired) electrons. The first-order valence-corrected chi connectivity index (χ1v) is 9.09. The number of carbonyl (C=O) groups excluding carboxylic acids is 1. The summed E-state index contributed by atoms with van der Waals surface area (Å²) in [6.45, 7) is 7.83. The van der Waals surface area contributed by atoms with E-state index < -0.39 is 6.10 Å². The summed E-state index contributed by atoms with van der Waals surface area (Å²) in [4.78, 5) is 12.4. The standard InChI is InChI=1S/C21H25ClN2O2/c1-14(2)12-19(17-8-6-5-7-9-17)23-24-21(25)16(4)26-20-11-10-18(22)13-15(20)3/h5-11,13-14,16H,12H2,1-4H3,(H,24,25)/b23-19-. The third-order valence-corrected chi connectivity index (χ3v) is 4.05. The Labute approximate surface area is 160 Å². The van der Waals surface area contributed by atoms with Crippen LogP contribution in [0.4, 0.5) is 0 Å². The van der Waals surface area contributed by atoms with Crippen LogP contribution in [0.25, 0.3) is 0 Å². The van der Waals surface area contributed by atoms with Crippen molar-refractivity contribution in [3.63, 3.8) is 0 Å². The first-order valence-electron chi connectivity index (χ1n) is 8.71. The molecule has 0 aliphatic carbocycles. The van der Waals surface area contributed by atoms with Gasteiger partial charge in [-0.05, 0) is 55.5 Å². The van der Waals surface area contributed by atoms with E-state index in [1.165, 1.54) is 0 Å². The molecule has 2 aromatic carbocycles. The van der Waals surface area contributed by atoms with E-state index in [1.54, 1.807) is 25.1 Å². The van der Waals surface area contributed by atoms with Gasteiger partial charge in [0.2, 0.25) is 0 Å². The number of rotatable bonds is 7. The molecule has 0 saturated heterocycles. The van der Waals surface area contributed by atoms with Crippen LogP contribution in [0.2, 0.25) is 5.02 Å². The Kier molecular flexibility index (Phi) is 7.22. The molecule has 0 aliphatic rings. The van der Waals surface area contributed by atoms with E-state index in [-0.39, 0.29) is 5.91 Å². The summed E-state index contributed by atoms with van der Waals surface area (Å²) in [5.74, 6) is 0.763. The average molecular weight is 373 g/mol. The van der Waals surface area contributed by atoms with Gasteiger partial charge in [-0.1, -0.05) is 55.8 Å². The minimum absolute atomic E-state index is 0.295. The Morgan fingerprint density at radius 1 is 1.15 bits per heavy atom. The van der Waals surface area contributed by atoms with Gasteiger partial charge in [0, 0.05) is 5.02 Å². The summed E-state index contributed by atoms with van der Waals surface area (Å²) in [7, 11) is 0. The fourth-order valence-electron chi connectivity index (χ4n) is 2.45. The molecule has 2 aromatic rings. The maximum absolute atomic E-state index is 12.4. The molecule has 0 bridgehead atoms. The van der Waals surface area contributed by atoms with Crippen LogP contribution in [0.5, 0.6) is 5.75 Å². The lowest BCUT2D eigenvalue weighted by Crippen LogP contribution is -2.34. The average Bonchev–Trinajstić information content (AvgIpc) is 2.61. The van der Waals surface area contributed by atoms with Gasteiger partial charge in [-0.25, -0.2) is 5.43 Å². The smallest absolute Gasteiger partial charge is 0.280 e. The van der Waals surface area contributed by atoms with E-state index in [9.17, 15) is 4.79 Å². The van der Waals surface area contributed by atoms with Crippen molar-refractivity contribution < 1.29 is 9.53 Å². The maximum atomic E-state index is 12.4. The van der Waals surface area contributed by atoms with Crippen LogP contribution in [0, 0.1) is 12.8 Å². The number of hydrogen-bond donors (Lipinski definition) is 1. The van der Waals surface area contributed by atoms with Crippen LogP contribution in [-0.4, -0.2) is 17.7 Å². The number of nitrogens with zero attached hydrogens (tertiary/aromatic N) is 1. The first kappa shape index (κ1) is 20.0. The number of nitrogens with one attached hydrogen (secondary N) is 1. The highest BCUT2D eigenvalue weighted by Crippen LogP contribution is 2.22. The normalized spacial score (nSPS) is 12.8. The zero-order valence-corrected chi connectivity index (χ0v) is 16.4. The highest BCUT2D eigenvalue weighted by Gasteiger charge is 2.16. The van der Waals surface area contributed by atoms with Gasteiger partial charge in [0.1, 0.15) is 5.75 Å². The molecule has 0 saturated carbocycles. The summed E-state index contributed by atoms with van der Waals surface area (Å²) >= 11 is 5.95. The Balaban J connectivity index is 2.06. The molecule has 1 unspecified atom stereocenters. The monoisotopic (exact) mass is 372 g/mol. The van der Waals surface area contributed by atoms with E-state index in [2.05, 4.69) is 24.4 Å². The number of amides is 1. The fraction of sp³-hybridized carbons (Fsp3) is 0.333. The molecule has 0 aliphatic heterocycles. The molecule has 1 amide bonds. The lowest BCUT2D eigenvalue weighted by molar-refractivity contribution is -0.127. The lowest BCUT2D eigenvalue weighted by atomic mass is 10.0. The highest BCUT2D eigenvalue weighted by molar-refractivity contribution is 6.30. The summed E-state index contributed by atoms with van der Waals surface area (Å²) in [6.07, 6.45) is 0.102. The molecule has 2 rings (SSSR count). The summed E-state index contributed by atoms with van der Waals surface area (Å²) in [5.41, 5.74) is 5.37. The maximum Gasteiger partial charge on any atom is 0.280 e. The zero-order chi connectivity index (χ0) is 19.1. The molecular weight excluding hydrogens is 348 g/mol. The van der Waals surface area contributed by atoms with Gasteiger partial charge in [-0.15, -0.1) is 0 Å². The molecule has 138 valence electrons. The molecule has 0 aromatic heterocycles. The molecule has 5 heteroatoms. The second kappa shape index (κ2) is 9.39. The van der Waals surface area contributed by atoms with Crippen molar-refractivity contribution in [1.82, 2.24) is 5.43 Å². The van der Waals surface area contributed by atoms with E-state index in [1.807, 2.05) is 37.3 Å². The number of aryl methyl sites for hydroxylation is 1. The summed E-state index contributed by atoms with van der Waals surface area (Å²) in [5, 5.41) is 4.99. The van der Waals surface area contributed by atoms with Crippen LogP contribution in [0.15, 0.2) is 53.6 Å². The number of halogens is 1. The van der Waals surface area contributed by atoms with Gasteiger partial charge < -0.3 is 4.74 Å². The zero-order valence-electron chi connectivity index (χ0n) is 15.6. The van der Waals surface area contributed by atoms with Crippen molar-refractivity contribution in [3.8, 4) is 5.75 Å². The quantitative estimate of drug-likeness (QED) is 0.550. The van der Waals surface area contributed by atoms with E-state index in [0.717, 1.165) is 23.3 Å². The second-order valence-electron chi connectivity index (χ2n) is 6.67. The Morgan fingerprint density at radius 2 is 1.85 bits per heavy atom. The third kappa shape index (κ3) is 5.88. The van der Waals surface area contributed by atoms with Gasteiger partial charge in [0.15, 0.2) is 6.10 Å². The number of hydrogen-bond acceptors (Lipinski definition) is 3. The van der Waals surface area contributed by atoms with E-state index >= 15 is 0 Å². The summed E-state index contributed by atoms with van der Waals surface area (Å²) in [6, 6.07) is 15.2. The van der Waals surface area contributed by atoms with Gasteiger partial charge in [0.05, 0.1) is 5.71 Å². The first-order chi connectivity index (χ1) is 12.4. The summed E-state index contributed by atoms with van der Waals surface area (Å²) < 4.78 is 5.74. The molecule has 0 heterocycles. The van der Waals surface area contributed by atoms with Crippen LogP contribution < -0.4 is 10.2 Å². The fourth-order valence-corrected chi connectivity index (χ4v) is 2.67. The Hall–Kier alpha value is -2.33. The number of carbonyl (C=O) groups is 1. The van der Waals surface area contributed by atoms with Crippen molar-refractivity contribution >= 4 is 23.2 Å². The van der Waals surface area contributed by atoms with Crippen LogP contribution in [0.3, 0.4) is 0 Å². The van der Waals surface area contributed by atoms with E-state index in [0.29, 0.717) is 16.7 Å². The van der Waals surface area contributed by atoms with Crippen molar-refractivity contribution in [2.24, 2.45) is 11.0 Å². The topological polar surface area (TPSA) is 50.7 Å². The predicted molar refractivity (Wildman–Crippen MR) is 107 cm³/mol. The molecule has 0 fully saturated rings. The van der Waals surface area contributed by atoms with Crippen LogP contribution in [-0.2, 0) is 4.79 Å². The van der Waals surface area contributed by atoms with Gasteiger partial charge in [-0.2, -0.15) is 5.10 Å². The van der Waals surface area contributed by atoms with E-state index in [4.69, 9.17) is 16.3 Å². The van der Waals surface area contributed by atoms with Gasteiger partial charge in [0.25, 0.3) is 5.91 Å². The number of ether oxygens (including phenoxy) is 1. The molecular formula is C21H25ClN2O2. The number of benzene rings is 2. The third-order valence-electron chi connectivity index (χ3n) is 3.82. The largest absolute Gasteiger partial charge is 0.481 e. The van der Waals surface area contributed by atoms with Crippen molar-refractivity contribution in [2.45, 2.75) is 40.2 Å². The van der Waals surface area contributed by atoms with Crippen molar-refractivity contribution in [3.05, 3.63) is 64.7 Å². The molecule has 1 atom stereocenters. The van der Waals surface area contributed by atoms with Crippen LogP contribution >= 0.6 is 11.6 Å². The minimum Gasteiger partial charge on any atom is -0.481 e. The second-order valence-corrected chi connectivity index (χ2v) is 7.10. The van der Waals surface area contributed by atoms with Crippen LogP contribution in [0.1, 0.15) is 38.3 Å². The van der Waals surface area contributed by atoms with Gasteiger partial charge >= 0.3 is 0 Å². The minimum atomic E-state index is -0.672. The van der Waals surface area contributed by atoms with Crippen molar-refractivity contribution in [1.29, 1.82) is 0 Å². The molecule has 4 nitrogen and oxygen atoms in total. The molecule has 26 heavy (non-hydrogen) atoms. The molecule has 0 spiro atoms. The Bertz CT molecular complexity index is 773. The SMILES string of the molecule is Cc1cc(Cl)ccc1OC(C)C(=O)N/N=C(/CC(C)C)c1ccccc1. The predicted octanol–water partition coefficient (Wildman–Crippen LogP) is 4.98. The van der Waals surface area contributed by atoms with Gasteiger partial charge in [-0.3, -0.25) is 4.79 Å². The highest BCUT2D eigenvalue weighted by atomic mass is 35.5.